The molecule has 1 atom stereocenters. The molecule has 1 heteroatoms. The average Bonchev–Trinajstić information content (AvgIpc) is 2.71. The van der Waals surface area contributed by atoms with Crippen LogP contribution in [0.3, 0.4) is 0 Å². The monoisotopic (exact) mass is 170 g/mol. The van der Waals surface area contributed by atoms with E-state index in [-0.39, 0.29) is 6.04 Å². The first-order valence-corrected chi connectivity index (χ1v) is 4.40. The Bertz CT molecular complexity index is 249. The zero-order valence-corrected chi connectivity index (χ0v) is 7.35. The summed E-state index contributed by atoms with van der Waals surface area (Å²) in [5, 5.41) is 0. The molecule has 13 heavy (non-hydrogen) atoms. The molecule has 2 N–H and O–H groups in total. The van der Waals surface area contributed by atoms with Crippen molar-refractivity contribution in [3.63, 3.8) is 0 Å². The Morgan fingerprint density at radius 2 is 1.54 bits per heavy atom. The molecule has 0 unspecified atom stereocenters. The number of rotatable bonds is 2. The van der Waals surface area contributed by atoms with E-state index in [0.29, 0.717) is 0 Å². The molecule has 0 saturated heterocycles. The summed E-state index contributed by atoms with van der Waals surface area (Å²) in [5.74, 6) is 1.17. The molecule has 0 spiro atoms. The summed E-state index contributed by atoms with van der Waals surface area (Å²) in [6, 6.07) is 10.1. The highest BCUT2D eigenvalue weighted by atomic mass is 14.7. The highest BCUT2D eigenvalue weighted by molar-refractivity contribution is 5.42. The van der Waals surface area contributed by atoms with E-state index in [4.69, 9.17) is 5.73 Å². The van der Waals surface area contributed by atoms with Crippen LogP contribution in [0.5, 0.6) is 0 Å². The average molecular weight is 170 g/mol. The molecule has 1 aromatic carbocycles. The molecule has 1 fully saturated rings. The van der Waals surface area contributed by atoms with E-state index in [1.54, 1.807) is 0 Å². The summed E-state index contributed by atoms with van der Waals surface area (Å²) < 4.78 is 0. The summed E-state index contributed by atoms with van der Waals surface area (Å²) in [5.41, 5.74) is 7.22. The molecule has 1 saturated carbocycles. The van der Waals surface area contributed by atoms with Crippen molar-refractivity contribution in [2.45, 2.75) is 6.04 Å². The van der Waals surface area contributed by atoms with E-state index in [2.05, 4.69) is 25.0 Å². The molecule has 5 radical (unpaired) electrons. The summed E-state index contributed by atoms with van der Waals surface area (Å²) in [6.45, 7) is 0. The summed E-state index contributed by atoms with van der Waals surface area (Å²) in [6.07, 6.45) is 8.13. The van der Waals surface area contributed by atoms with Gasteiger partial charge in [0.2, 0.25) is 0 Å². The maximum absolute atomic E-state index is 6.06. The first-order chi connectivity index (χ1) is 6.38. The van der Waals surface area contributed by atoms with E-state index in [1.807, 2.05) is 31.0 Å². The molecule has 0 aromatic heterocycles. The Morgan fingerprint density at radius 1 is 0.923 bits per heavy atom. The summed E-state index contributed by atoms with van der Waals surface area (Å²) >= 11 is 0. The van der Waals surface area contributed by atoms with E-state index in [0.717, 1.165) is 5.56 Å². The van der Waals surface area contributed by atoms with Gasteiger partial charge in [-0.1, -0.05) is 30.3 Å². The molecular formula is C12H12N. The van der Waals surface area contributed by atoms with Gasteiger partial charge in [0, 0.05) is 12.0 Å². The van der Waals surface area contributed by atoms with Crippen molar-refractivity contribution in [1.82, 2.24) is 0 Å². The highest BCUT2D eigenvalue weighted by Crippen LogP contribution is 2.33. The second-order valence-corrected chi connectivity index (χ2v) is 3.11. The topological polar surface area (TPSA) is 26.0 Å². The highest BCUT2D eigenvalue weighted by Gasteiger charge is 2.24. The minimum absolute atomic E-state index is 0.0104. The van der Waals surface area contributed by atoms with Crippen molar-refractivity contribution in [1.29, 1.82) is 0 Å². The molecule has 1 aliphatic rings. The summed E-state index contributed by atoms with van der Waals surface area (Å²) in [7, 11) is 0. The largest absolute Gasteiger partial charge is 0.323 e. The van der Waals surface area contributed by atoms with Crippen LogP contribution < -0.4 is 5.73 Å². The van der Waals surface area contributed by atoms with Crippen LogP contribution in [0.4, 0.5) is 0 Å². The van der Waals surface area contributed by atoms with Crippen molar-refractivity contribution in [2.24, 2.45) is 5.73 Å². The lowest BCUT2D eigenvalue weighted by molar-refractivity contribution is 0.786. The SMILES string of the molecule is N[C@@H]([C]1[CH][CH][CH][CH]1)c1ccccc1. The lowest BCUT2D eigenvalue weighted by Crippen LogP contribution is -2.17. The lowest BCUT2D eigenvalue weighted by atomic mass is 9.93. The molecule has 0 bridgehead atoms. The summed E-state index contributed by atoms with van der Waals surface area (Å²) in [4.78, 5) is 0. The fourth-order valence-electron chi connectivity index (χ4n) is 1.45. The van der Waals surface area contributed by atoms with Crippen LogP contribution >= 0.6 is 0 Å². The third kappa shape index (κ3) is 1.92. The van der Waals surface area contributed by atoms with Gasteiger partial charge < -0.3 is 5.73 Å². The van der Waals surface area contributed by atoms with Crippen molar-refractivity contribution in [2.75, 3.05) is 0 Å². The Hall–Kier alpha value is -0.820. The van der Waals surface area contributed by atoms with Crippen LogP contribution in [-0.2, 0) is 0 Å². The third-order valence-electron chi connectivity index (χ3n) is 2.21. The number of hydrogen-bond donors (Lipinski definition) is 1. The second kappa shape index (κ2) is 3.93. The zero-order chi connectivity index (χ0) is 9.10. The van der Waals surface area contributed by atoms with Crippen LogP contribution in [0.25, 0.3) is 0 Å². The maximum atomic E-state index is 6.06. The van der Waals surface area contributed by atoms with Gasteiger partial charge in [-0.15, -0.1) is 0 Å². The van der Waals surface area contributed by atoms with Gasteiger partial charge in [0.25, 0.3) is 0 Å². The third-order valence-corrected chi connectivity index (χ3v) is 2.21. The van der Waals surface area contributed by atoms with Crippen LogP contribution in [0.2, 0.25) is 0 Å². The standard InChI is InChI=1S/C12H12N/c13-12(11-8-4-5-9-11)10-6-2-1-3-7-10/h1-9,12H,13H2/t12-/m1/s1. The van der Waals surface area contributed by atoms with E-state index in [1.165, 1.54) is 5.92 Å². The molecule has 2 rings (SSSR count). The van der Waals surface area contributed by atoms with Gasteiger partial charge in [-0.3, -0.25) is 0 Å². The smallest absolute Gasteiger partial charge is 0.0364 e. The van der Waals surface area contributed by atoms with Gasteiger partial charge in [0.1, 0.15) is 0 Å². The molecule has 1 aromatic rings. The lowest BCUT2D eigenvalue weighted by Gasteiger charge is -2.17. The quantitative estimate of drug-likeness (QED) is 0.722. The predicted octanol–water partition coefficient (Wildman–Crippen LogP) is 2.09. The van der Waals surface area contributed by atoms with E-state index < -0.39 is 0 Å². The number of nitrogens with two attached hydrogens (primary N) is 1. The van der Waals surface area contributed by atoms with Gasteiger partial charge in [0.05, 0.1) is 0 Å². The van der Waals surface area contributed by atoms with Gasteiger partial charge in [-0.2, -0.15) is 0 Å². The first-order valence-electron chi connectivity index (χ1n) is 4.40. The minimum Gasteiger partial charge on any atom is -0.323 e. The van der Waals surface area contributed by atoms with Crippen LogP contribution in [0.15, 0.2) is 30.3 Å². The molecule has 65 valence electrons. The Kier molecular flexibility index (Phi) is 2.65. The maximum Gasteiger partial charge on any atom is 0.0364 e. The molecular weight excluding hydrogens is 158 g/mol. The minimum atomic E-state index is 0.0104. The van der Waals surface area contributed by atoms with Gasteiger partial charge in [-0.25, -0.2) is 0 Å². The zero-order valence-electron chi connectivity index (χ0n) is 7.35. The van der Waals surface area contributed by atoms with Crippen molar-refractivity contribution < 1.29 is 0 Å². The molecule has 1 aliphatic carbocycles. The van der Waals surface area contributed by atoms with Crippen molar-refractivity contribution in [3.05, 3.63) is 67.5 Å². The Morgan fingerprint density at radius 3 is 2.15 bits per heavy atom. The Labute approximate surface area is 80.0 Å². The fourth-order valence-corrected chi connectivity index (χ4v) is 1.45. The Balaban J connectivity index is 2.08. The van der Waals surface area contributed by atoms with Gasteiger partial charge in [-0.05, 0) is 31.2 Å². The van der Waals surface area contributed by atoms with Crippen LogP contribution in [-0.4, -0.2) is 0 Å². The second-order valence-electron chi connectivity index (χ2n) is 3.11. The van der Waals surface area contributed by atoms with E-state index >= 15 is 0 Å². The number of hydrogen-bond acceptors (Lipinski definition) is 1. The molecule has 1 nitrogen and oxygen atoms in total. The molecule has 0 aliphatic heterocycles. The first kappa shape index (κ1) is 8.76. The van der Waals surface area contributed by atoms with Crippen LogP contribution in [0.1, 0.15) is 11.6 Å². The van der Waals surface area contributed by atoms with Crippen molar-refractivity contribution >= 4 is 0 Å². The van der Waals surface area contributed by atoms with Gasteiger partial charge in [0.15, 0.2) is 0 Å². The predicted molar refractivity (Wildman–Crippen MR) is 53.8 cm³/mol. The normalized spacial score (nSPS) is 20.4. The molecule has 0 amide bonds. The van der Waals surface area contributed by atoms with Gasteiger partial charge >= 0.3 is 0 Å². The van der Waals surface area contributed by atoms with Crippen LogP contribution in [0, 0.1) is 31.6 Å². The number of benzene rings is 1. The van der Waals surface area contributed by atoms with E-state index in [9.17, 15) is 0 Å². The molecule has 0 heterocycles. The fraction of sp³-hybridized carbons (Fsp3) is 0.0833. The van der Waals surface area contributed by atoms with Crippen molar-refractivity contribution in [3.8, 4) is 0 Å².